The molecule has 88 valence electrons. The summed E-state index contributed by atoms with van der Waals surface area (Å²) < 4.78 is 5.69. The highest BCUT2D eigenvalue weighted by Crippen LogP contribution is 2.19. The van der Waals surface area contributed by atoms with Crippen LogP contribution >= 0.6 is 0 Å². The number of carbonyl (C=O) groups excluding carboxylic acids is 1. The van der Waals surface area contributed by atoms with Crippen LogP contribution in [-0.4, -0.2) is 11.4 Å². The van der Waals surface area contributed by atoms with E-state index in [2.05, 4.69) is 0 Å². The Morgan fingerprint density at radius 3 is 2.19 bits per heavy atom. The minimum absolute atomic E-state index is 0.199. The van der Waals surface area contributed by atoms with Crippen LogP contribution in [0.2, 0.25) is 0 Å². The number of rotatable bonds is 4. The number of Topliss-reactive ketones (excluding diaryl/α,β-unsaturated/α-hetero) is 1. The summed E-state index contributed by atoms with van der Waals surface area (Å²) in [5, 5.41) is 0. The molecule has 0 N–H and O–H groups in total. The van der Waals surface area contributed by atoms with Crippen molar-refractivity contribution in [3.8, 4) is 5.75 Å². The molecule has 0 bridgehead atoms. The van der Waals surface area contributed by atoms with E-state index in [0.717, 1.165) is 17.7 Å². The summed E-state index contributed by atoms with van der Waals surface area (Å²) in [5.41, 5.74) is 0.567. The summed E-state index contributed by atoms with van der Waals surface area (Å²) in [6.45, 7) is 8.02. The van der Waals surface area contributed by atoms with Crippen molar-refractivity contribution in [3.05, 3.63) is 29.8 Å². The second kappa shape index (κ2) is 5.15. The third kappa shape index (κ3) is 4.05. The number of ketones is 1. The Hall–Kier alpha value is -1.31. The highest BCUT2D eigenvalue weighted by molar-refractivity contribution is 5.96. The molecule has 0 fully saturated rings. The van der Waals surface area contributed by atoms with E-state index in [1.54, 1.807) is 0 Å². The maximum Gasteiger partial charge on any atom is 0.162 e. The normalized spacial score (nSPS) is 11.2. The molecule has 16 heavy (non-hydrogen) atoms. The van der Waals surface area contributed by atoms with Gasteiger partial charge < -0.3 is 4.74 Å². The molecule has 0 radical (unpaired) electrons. The second-order valence-corrected chi connectivity index (χ2v) is 4.91. The number of benzene rings is 1. The first-order valence-electron chi connectivity index (χ1n) is 5.74. The van der Waals surface area contributed by atoms with Gasteiger partial charge in [0.1, 0.15) is 11.4 Å². The third-order valence-corrected chi connectivity index (χ3v) is 2.08. The van der Waals surface area contributed by atoms with Gasteiger partial charge in [0.2, 0.25) is 0 Å². The smallest absolute Gasteiger partial charge is 0.162 e. The molecule has 0 heterocycles. The highest BCUT2D eigenvalue weighted by Gasteiger charge is 2.12. The zero-order chi connectivity index (χ0) is 12.2. The summed E-state index contributed by atoms with van der Waals surface area (Å²) in [6.07, 6.45) is 1.50. The maximum atomic E-state index is 11.6. The van der Waals surface area contributed by atoms with E-state index >= 15 is 0 Å². The van der Waals surface area contributed by atoms with Crippen LogP contribution in [0.3, 0.4) is 0 Å². The molecule has 0 unspecified atom stereocenters. The zero-order valence-corrected chi connectivity index (χ0v) is 10.5. The van der Waals surface area contributed by atoms with E-state index in [1.165, 1.54) is 0 Å². The average Bonchev–Trinajstić information content (AvgIpc) is 2.16. The number of hydrogen-bond donors (Lipinski definition) is 0. The summed E-state index contributed by atoms with van der Waals surface area (Å²) in [4.78, 5) is 11.6. The molecule has 1 aromatic rings. The van der Waals surface area contributed by atoms with Gasteiger partial charge >= 0.3 is 0 Å². The van der Waals surface area contributed by atoms with Crippen LogP contribution < -0.4 is 4.74 Å². The predicted molar refractivity (Wildman–Crippen MR) is 66.1 cm³/mol. The Morgan fingerprint density at radius 1 is 1.19 bits per heavy atom. The minimum atomic E-state index is -0.199. The van der Waals surface area contributed by atoms with E-state index < -0.39 is 0 Å². The molecule has 2 heteroatoms. The molecule has 0 saturated carbocycles. The van der Waals surface area contributed by atoms with Crippen molar-refractivity contribution in [2.75, 3.05) is 0 Å². The number of carbonyl (C=O) groups is 1. The first-order valence-corrected chi connectivity index (χ1v) is 5.74. The van der Waals surface area contributed by atoms with Crippen LogP contribution in [0.15, 0.2) is 24.3 Å². The maximum absolute atomic E-state index is 11.6. The lowest BCUT2D eigenvalue weighted by molar-refractivity contribution is 0.0981. The lowest BCUT2D eigenvalue weighted by Gasteiger charge is -2.21. The molecular formula is C14H20O2. The predicted octanol–water partition coefficient (Wildman–Crippen LogP) is 3.85. The molecule has 0 saturated heterocycles. The monoisotopic (exact) mass is 220 g/mol. The van der Waals surface area contributed by atoms with Crippen LogP contribution in [0.25, 0.3) is 0 Å². The first-order chi connectivity index (χ1) is 7.42. The third-order valence-electron chi connectivity index (χ3n) is 2.08. The van der Waals surface area contributed by atoms with Gasteiger partial charge in [0.05, 0.1) is 0 Å². The van der Waals surface area contributed by atoms with E-state index in [9.17, 15) is 4.79 Å². The van der Waals surface area contributed by atoms with Crippen molar-refractivity contribution in [2.45, 2.75) is 46.1 Å². The molecule has 1 rings (SSSR count). The van der Waals surface area contributed by atoms with Crippen LogP contribution in [0.1, 0.15) is 50.9 Å². The van der Waals surface area contributed by atoms with Crippen LogP contribution in [0, 0.1) is 0 Å². The van der Waals surface area contributed by atoms with E-state index in [1.807, 2.05) is 52.0 Å². The molecule has 0 atom stereocenters. The minimum Gasteiger partial charge on any atom is -0.488 e. The van der Waals surface area contributed by atoms with Crippen molar-refractivity contribution in [2.24, 2.45) is 0 Å². The molecule has 0 aliphatic rings. The van der Waals surface area contributed by atoms with E-state index in [0.29, 0.717) is 6.42 Å². The van der Waals surface area contributed by atoms with Gasteiger partial charge in [0.15, 0.2) is 5.78 Å². The van der Waals surface area contributed by atoms with Crippen molar-refractivity contribution >= 4 is 5.78 Å². The molecule has 0 amide bonds. The van der Waals surface area contributed by atoms with Gasteiger partial charge in [0.25, 0.3) is 0 Å². The number of hydrogen-bond acceptors (Lipinski definition) is 2. The van der Waals surface area contributed by atoms with E-state index in [4.69, 9.17) is 4.74 Å². The molecular weight excluding hydrogens is 200 g/mol. The summed E-state index contributed by atoms with van der Waals surface area (Å²) >= 11 is 0. The van der Waals surface area contributed by atoms with Gasteiger partial charge in [-0.05, 0) is 51.5 Å². The van der Waals surface area contributed by atoms with Crippen LogP contribution in [0.4, 0.5) is 0 Å². The fraction of sp³-hybridized carbons (Fsp3) is 0.500. The fourth-order valence-corrected chi connectivity index (χ4v) is 1.43. The summed E-state index contributed by atoms with van der Waals surface area (Å²) in [6, 6.07) is 7.38. The fourth-order valence-electron chi connectivity index (χ4n) is 1.43. The van der Waals surface area contributed by atoms with Crippen molar-refractivity contribution in [1.82, 2.24) is 0 Å². The second-order valence-electron chi connectivity index (χ2n) is 4.91. The number of ether oxygens (including phenoxy) is 1. The molecule has 1 aromatic carbocycles. The SMILES string of the molecule is CCCC(=O)c1ccc(OC(C)(C)C)cc1. The summed E-state index contributed by atoms with van der Waals surface area (Å²) in [5.74, 6) is 1.00. The van der Waals surface area contributed by atoms with Crippen LogP contribution in [-0.2, 0) is 0 Å². The van der Waals surface area contributed by atoms with Crippen molar-refractivity contribution < 1.29 is 9.53 Å². The summed E-state index contributed by atoms with van der Waals surface area (Å²) in [7, 11) is 0. The van der Waals surface area contributed by atoms with Gasteiger partial charge in [-0.3, -0.25) is 4.79 Å². The van der Waals surface area contributed by atoms with E-state index in [-0.39, 0.29) is 11.4 Å². The molecule has 0 aromatic heterocycles. The van der Waals surface area contributed by atoms with Gasteiger partial charge in [-0.2, -0.15) is 0 Å². The topological polar surface area (TPSA) is 26.3 Å². The largest absolute Gasteiger partial charge is 0.488 e. The Labute approximate surface area is 97.6 Å². The average molecular weight is 220 g/mol. The Bertz CT molecular complexity index is 344. The zero-order valence-electron chi connectivity index (χ0n) is 10.5. The Balaban J connectivity index is 2.72. The lowest BCUT2D eigenvalue weighted by Crippen LogP contribution is -2.22. The van der Waals surface area contributed by atoms with Gasteiger partial charge in [0, 0.05) is 12.0 Å². The van der Waals surface area contributed by atoms with Crippen LogP contribution in [0.5, 0.6) is 5.75 Å². The van der Waals surface area contributed by atoms with Gasteiger partial charge in [-0.15, -0.1) is 0 Å². The van der Waals surface area contributed by atoms with Gasteiger partial charge in [-0.25, -0.2) is 0 Å². The standard InChI is InChI=1S/C14H20O2/c1-5-6-13(15)11-7-9-12(10-8-11)16-14(2,3)4/h7-10H,5-6H2,1-4H3. The molecule has 0 aliphatic heterocycles. The molecule has 0 spiro atoms. The van der Waals surface area contributed by atoms with Crippen molar-refractivity contribution in [3.63, 3.8) is 0 Å². The first kappa shape index (κ1) is 12.8. The Morgan fingerprint density at radius 2 is 1.75 bits per heavy atom. The Kier molecular flexibility index (Phi) is 4.11. The van der Waals surface area contributed by atoms with Crippen molar-refractivity contribution in [1.29, 1.82) is 0 Å². The molecule has 0 aliphatic carbocycles. The lowest BCUT2D eigenvalue weighted by atomic mass is 10.1. The highest BCUT2D eigenvalue weighted by atomic mass is 16.5. The molecule has 2 nitrogen and oxygen atoms in total. The van der Waals surface area contributed by atoms with Gasteiger partial charge in [-0.1, -0.05) is 6.92 Å². The quantitative estimate of drug-likeness (QED) is 0.720.